The van der Waals surface area contributed by atoms with Gasteiger partial charge >= 0.3 is 0 Å². The molecule has 98 valence electrons. The normalized spacial score (nSPS) is 13.0. The first kappa shape index (κ1) is 12.0. The summed E-state index contributed by atoms with van der Waals surface area (Å²) in [6.45, 7) is 4.64. The molecule has 3 aromatic rings. The molecule has 0 saturated heterocycles. The van der Waals surface area contributed by atoms with E-state index in [0.717, 1.165) is 28.1 Å². The lowest BCUT2D eigenvalue weighted by Gasteiger charge is -2.10. The first-order valence-electron chi connectivity index (χ1n) is 6.38. The molecule has 0 saturated carbocycles. The zero-order chi connectivity index (χ0) is 13.4. The van der Waals surface area contributed by atoms with E-state index < -0.39 is 0 Å². The number of hydrogen-bond donors (Lipinski definition) is 1. The number of rotatable bonds is 3. The van der Waals surface area contributed by atoms with Crippen LogP contribution in [0, 0.1) is 13.8 Å². The van der Waals surface area contributed by atoms with Gasteiger partial charge in [-0.05, 0) is 32.0 Å². The molecule has 4 heteroatoms. The lowest BCUT2D eigenvalue weighted by atomic mass is 10.2. The Morgan fingerprint density at radius 1 is 1.26 bits per heavy atom. The standard InChI is InChI=1S/C15H17N3O/c1-10-7-11(2)18(17-10)9-13(16)15-8-12-5-3-4-6-14(12)19-15/h3-8,13H,9,16H2,1-2H3. The highest BCUT2D eigenvalue weighted by atomic mass is 16.3. The van der Waals surface area contributed by atoms with Crippen molar-refractivity contribution >= 4 is 11.0 Å². The molecule has 2 N–H and O–H groups in total. The zero-order valence-electron chi connectivity index (χ0n) is 11.1. The third-order valence-corrected chi connectivity index (χ3v) is 3.28. The summed E-state index contributed by atoms with van der Waals surface area (Å²) >= 11 is 0. The van der Waals surface area contributed by atoms with Gasteiger partial charge in [0, 0.05) is 11.1 Å². The summed E-state index contributed by atoms with van der Waals surface area (Å²) in [7, 11) is 0. The highest BCUT2D eigenvalue weighted by Crippen LogP contribution is 2.23. The summed E-state index contributed by atoms with van der Waals surface area (Å²) in [6, 6.07) is 11.8. The van der Waals surface area contributed by atoms with Crippen LogP contribution in [0.25, 0.3) is 11.0 Å². The minimum absolute atomic E-state index is 0.189. The molecular formula is C15H17N3O. The van der Waals surface area contributed by atoms with E-state index in [9.17, 15) is 0 Å². The van der Waals surface area contributed by atoms with Crippen LogP contribution < -0.4 is 5.73 Å². The first-order valence-corrected chi connectivity index (χ1v) is 6.38. The molecule has 2 heterocycles. The van der Waals surface area contributed by atoms with Crippen LogP contribution in [-0.2, 0) is 6.54 Å². The molecule has 3 rings (SSSR count). The van der Waals surface area contributed by atoms with Gasteiger partial charge in [-0.15, -0.1) is 0 Å². The molecule has 4 nitrogen and oxygen atoms in total. The second kappa shape index (κ2) is 4.55. The number of fused-ring (bicyclic) bond motifs is 1. The van der Waals surface area contributed by atoms with Gasteiger partial charge in [0.2, 0.25) is 0 Å². The van der Waals surface area contributed by atoms with Gasteiger partial charge in [-0.2, -0.15) is 5.10 Å². The highest BCUT2D eigenvalue weighted by Gasteiger charge is 2.14. The first-order chi connectivity index (χ1) is 9.13. The summed E-state index contributed by atoms with van der Waals surface area (Å²) in [5.74, 6) is 0.800. The molecule has 19 heavy (non-hydrogen) atoms. The van der Waals surface area contributed by atoms with Crippen LogP contribution in [-0.4, -0.2) is 9.78 Å². The van der Waals surface area contributed by atoms with Crippen LogP contribution in [0.1, 0.15) is 23.2 Å². The van der Waals surface area contributed by atoms with Crippen molar-refractivity contribution in [3.05, 3.63) is 53.5 Å². The van der Waals surface area contributed by atoms with Crippen LogP contribution >= 0.6 is 0 Å². The molecule has 1 unspecified atom stereocenters. The fourth-order valence-electron chi connectivity index (χ4n) is 2.32. The van der Waals surface area contributed by atoms with Crippen LogP contribution in [0.4, 0.5) is 0 Å². The summed E-state index contributed by atoms with van der Waals surface area (Å²) < 4.78 is 7.71. The molecule has 1 atom stereocenters. The molecular weight excluding hydrogens is 238 g/mol. The second-order valence-electron chi connectivity index (χ2n) is 4.90. The third-order valence-electron chi connectivity index (χ3n) is 3.28. The second-order valence-corrected chi connectivity index (χ2v) is 4.90. The topological polar surface area (TPSA) is 57.0 Å². The Morgan fingerprint density at radius 3 is 2.74 bits per heavy atom. The summed E-state index contributed by atoms with van der Waals surface area (Å²) in [4.78, 5) is 0. The minimum Gasteiger partial charge on any atom is -0.459 e. The van der Waals surface area contributed by atoms with Crippen molar-refractivity contribution in [2.24, 2.45) is 5.73 Å². The number of nitrogens with two attached hydrogens (primary N) is 1. The molecule has 0 spiro atoms. The Labute approximate surface area is 111 Å². The Morgan fingerprint density at radius 2 is 2.05 bits per heavy atom. The van der Waals surface area contributed by atoms with E-state index in [1.165, 1.54) is 0 Å². The lowest BCUT2D eigenvalue weighted by molar-refractivity contribution is 0.433. The number of furan rings is 1. The van der Waals surface area contributed by atoms with Crippen molar-refractivity contribution in [1.29, 1.82) is 0 Å². The Hall–Kier alpha value is -2.07. The molecule has 1 aromatic carbocycles. The third kappa shape index (κ3) is 2.27. The van der Waals surface area contributed by atoms with Crippen LogP contribution in [0.2, 0.25) is 0 Å². The Bertz CT molecular complexity index is 678. The van der Waals surface area contributed by atoms with Crippen molar-refractivity contribution in [3.8, 4) is 0 Å². The molecule has 0 amide bonds. The van der Waals surface area contributed by atoms with E-state index in [4.69, 9.17) is 10.2 Å². The zero-order valence-corrected chi connectivity index (χ0v) is 11.1. The van der Waals surface area contributed by atoms with Crippen molar-refractivity contribution in [3.63, 3.8) is 0 Å². The summed E-state index contributed by atoms with van der Waals surface area (Å²) in [6.07, 6.45) is 0. The maximum absolute atomic E-state index is 6.21. The predicted molar refractivity (Wildman–Crippen MR) is 74.8 cm³/mol. The van der Waals surface area contributed by atoms with Gasteiger partial charge in [-0.25, -0.2) is 0 Å². The fraction of sp³-hybridized carbons (Fsp3) is 0.267. The molecule has 0 bridgehead atoms. The summed E-state index contributed by atoms with van der Waals surface area (Å²) in [5, 5.41) is 5.51. The van der Waals surface area contributed by atoms with Crippen molar-refractivity contribution in [1.82, 2.24) is 9.78 Å². The number of hydrogen-bond acceptors (Lipinski definition) is 3. The maximum atomic E-state index is 6.21. The van der Waals surface area contributed by atoms with Gasteiger partial charge in [-0.3, -0.25) is 4.68 Å². The van der Waals surface area contributed by atoms with E-state index >= 15 is 0 Å². The molecule has 0 aliphatic carbocycles. The minimum atomic E-state index is -0.189. The smallest absolute Gasteiger partial charge is 0.134 e. The molecule has 0 radical (unpaired) electrons. The molecule has 0 aliphatic rings. The highest BCUT2D eigenvalue weighted by molar-refractivity contribution is 5.77. The fourth-order valence-corrected chi connectivity index (χ4v) is 2.32. The van der Waals surface area contributed by atoms with Crippen molar-refractivity contribution in [2.75, 3.05) is 0 Å². The number of nitrogens with zero attached hydrogens (tertiary/aromatic N) is 2. The van der Waals surface area contributed by atoms with Gasteiger partial charge in [0.05, 0.1) is 18.3 Å². The van der Waals surface area contributed by atoms with Gasteiger partial charge < -0.3 is 10.2 Å². The van der Waals surface area contributed by atoms with E-state index in [-0.39, 0.29) is 6.04 Å². The number of benzene rings is 1. The van der Waals surface area contributed by atoms with Gasteiger partial charge in [-0.1, -0.05) is 18.2 Å². The predicted octanol–water partition coefficient (Wildman–Crippen LogP) is 2.95. The van der Waals surface area contributed by atoms with Crippen LogP contribution in [0.15, 0.2) is 40.8 Å². The summed E-state index contributed by atoms with van der Waals surface area (Å²) in [5.41, 5.74) is 9.21. The van der Waals surface area contributed by atoms with Crippen molar-refractivity contribution in [2.45, 2.75) is 26.4 Å². The van der Waals surface area contributed by atoms with Gasteiger partial charge in [0.25, 0.3) is 0 Å². The van der Waals surface area contributed by atoms with E-state index in [2.05, 4.69) is 5.10 Å². The van der Waals surface area contributed by atoms with Gasteiger partial charge in [0.15, 0.2) is 0 Å². The lowest BCUT2D eigenvalue weighted by Crippen LogP contribution is -2.18. The SMILES string of the molecule is Cc1cc(C)n(CC(N)c2cc3ccccc3o2)n1. The average molecular weight is 255 g/mol. The van der Waals surface area contributed by atoms with E-state index in [1.807, 2.05) is 54.9 Å². The molecule has 0 aliphatic heterocycles. The number of para-hydroxylation sites is 1. The number of aryl methyl sites for hydroxylation is 2. The maximum Gasteiger partial charge on any atom is 0.134 e. The average Bonchev–Trinajstić information content (AvgIpc) is 2.93. The van der Waals surface area contributed by atoms with Gasteiger partial charge in [0.1, 0.15) is 11.3 Å². The Kier molecular flexibility index (Phi) is 2.87. The quantitative estimate of drug-likeness (QED) is 0.782. The van der Waals surface area contributed by atoms with E-state index in [0.29, 0.717) is 6.54 Å². The van der Waals surface area contributed by atoms with E-state index in [1.54, 1.807) is 0 Å². The molecule has 2 aromatic heterocycles. The Balaban J connectivity index is 1.87. The van der Waals surface area contributed by atoms with Crippen molar-refractivity contribution < 1.29 is 4.42 Å². The van der Waals surface area contributed by atoms with Crippen LogP contribution in [0.5, 0.6) is 0 Å². The number of aromatic nitrogens is 2. The largest absolute Gasteiger partial charge is 0.459 e. The molecule has 0 fully saturated rings. The van der Waals surface area contributed by atoms with Crippen LogP contribution in [0.3, 0.4) is 0 Å². The monoisotopic (exact) mass is 255 g/mol.